The number of hydrogen-bond acceptors (Lipinski definition) is 3. The molecule has 0 saturated heterocycles. The van der Waals surface area contributed by atoms with Crippen LogP contribution < -0.4 is 11.1 Å². The monoisotopic (exact) mass is 226 g/mol. The second kappa shape index (κ2) is 5.65. The SMILES string of the molecule is C=CCC(NC(=O)C1CCC(N)C1)C(=O)O. The van der Waals surface area contributed by atoms with Gasteiger partial charge in [0.05, 0.1) is 0 Å². The molecule has 3 atom stereocenters. The van der Waals surface area contributed by atoms with E-state index in [4.69, 9.17) is 10.8 Å². The number of aliphatic carboxylic acids is 1. The molecular weight excluding hydrogens is 208 g/mol. The first-order valence-electron chi connectivity index (χ1n) is 5.44. The van der Waals surface area contributed by atoms with E-state index in [0.29, 0.717) is 6.42 Å². The van der Waals surface area contributed by atoms with Crippen molar-refractivity contribution in [2.75, 3.05) is 0 Å². The number of rotatable bonds is 5. The van der Waals surface area contributed by atoms with Crippen molar-refractivity contribution >= 4 is 11.9 Å². The standard InChI is InChI=1S/C11H18N2O3/c1-2-3-9(11(15)16)13-10(14)7-4-5-8(12)6-7/h2,7-9H,1,3-6,12H2,(H,13,14)(H,15,16). The van der Waals surface area contributed by atoms with Gasteiger partial charge in [0.15, 0.2) is 0 Å². The van der Waals surface area contributed by atoms with Crippen molar-refractivity contribution in [1.82, 2.24) is 5.32 Å². The molecule has 0 spiro atoms. The number of amides is 1. The van der Waals surface area contributed by atoms with E-state index in [-0.39, 0.29) is 24.3 Å². The van der Waals surface area contributed by atoms with Gasteiger partial charge in [-0.2, -0.15) is 0 Å². The number of carbonyl (C=O) groups excluding carboxylic acids is 1. The van der Waals surface area contributed by atoms with Crippen LogP contribution in [0.5, 0.6) is 0 Å². The van der Waals surface area contributed by atoms with Crippen molar-refractivity contribution < 1.29 is 14.7 Å². The van der Waals surface area contributed by atoms with E-state index >= 15 is 0 Å². The zero-order valence-electron chi connectivity index (χ0n) is 9.19. The molecule has 1 aliphatic rings. The maximum absolute atomic E-state index is 11.7. The highest BCUT2D eigenvalue weighted by atomic mass is 16.4. The van der Waals surface area contributed by atoms with Crippen molar-refractivity contribution in [2.45, 2.75) is 37.8 Å². The van der Waals surface area contributed by atoms with Crippen LogP contribution in [0.4, 0.5) is 0 Å². The van der Waals surface area contributed by atoms with E-state index in [0.717, 1.165) is 12.8 Å². The molecule has 0 aromatic carbocycles. The zero-order chi connectivity index (χ0) is 12.1. The van der Waals surface area contributed by atoms with E-state index in [2.05, 4.69) is 11.9 Å². The predicted molar refractivity (Wildman–Crippen MR) is 59.7 cm³/mol. The van der Waals surface area contributed by atoms with Crippen LogP contribution in [0.15, 0.2) is 12.7 Å². The summed E-state index contributed by atoms with van der Waals surface area (Å²) in [6.45, 7) is 3.47. The number of carboxylic acid groups (broad SMARTS) is 1. The number of hydrogen-bond donors (Lipinski definition) is 3. The summed E-state index contributed by atoms with van der Waals surface area (Å²) in [6.07, 6.45) is 3.94. The van der Waals surface area contributed by atoms with Gasteiger partial charge in [0.25, 0.3) is 0 Å². The molecule has 4 N–H and O–H groups in total. The largest absolute Gasteiger partial charge is 0.480 e. The first-order valence-corrected chi connectivity index (χ1v) is 5.44. The lowest BCUT2D eigenvalue weighted by molar-refractivity contribution is -0.142. The zero-order valence-corrected chi connectivity index (χ0v) is 9.19. The smallest absolute Gasteiger partial charge is 0.326 e. The average Bonchev–Trinajstić information content (AvgIpc) is 2.64. The van der Waals surface area contributed by atoms with Gasteiger partial charge < -0.3 is 16.2 Å². The molecule has 1 amide bonds. The van der Waals surface area contributed by atoms with Gasteiger partial charge in [-0.05, 0) is 25.7 Å². The molecule has 1 saturated carbocycles. The third kappa shape index (κ3) is 3.34. The molecule has 90 valence electrons. The second-order valence-corrected chi connectivity index (χ2v) is 4.19. The average molecular weight is 226 g/mol. The molecule has 16 heavy (non-hydrogen) atoms. The van der Waals surface area contributed by atoms with Gasteiger partial charge in [-0.15, -0.1) is 6.58 Å². The van der Waals surface area contributed by atoms with Gasteiger partial charge in [-0.3, -0.25) is 4.79 Å². The number of carbonyl (C=O) groups is 2. The van der Waals surface area contributed by atoms with E-state index in [1.165, 1.54) is 6.08 Å². The molecule has 0 radical (unpaired) electrons. The first-order chi connectivity index (χ1) is 7.54. The molecule has 3 unspecified atom stereocenters. The van der Waals surface area contributed by atoms with Crippen LogP contribution in [-0.4, -0.2) is 29.1 Å². The summed E-state index contributed by atoms with van der Waals surface area (Å²) in [7, 11) is 0. The van der Waals surface area contributed by atoms with E-state index < -0.39 is 12.0 Å². The lowest BCUT2D eigenvalue weighted by Crippen LogP contribution is -2.43. The number of nitrogens with one attached hydrogen (secondary N) is 1. The molecule has 5 heteroatoms. The molecule has 1 fully saturated rings. The molecule has 1 rings (SSSR count). The Bertz CT molecular complexity index is 291. The number of nitrogens with two attached hydrogens (primary N) is 1. The molecule has 0 aromatic rings. The summed E-state index contributed by atoms with van der Waals surface area (Å²) in [5.74, 6) is -1.38. The quantitative estimate of drug-likeness (QED) is 0.586. The third-order valence-corrected chi connectivity index (χ3v) is 2.86. The second-order valence-electron chi connectivity index (χ2n) is 4.19. The van der Waals surface area contributed by atoms with Crippen LogP contribution in [0.2, 0.25) is 0 Å². The summed E-state index contributed by atoms with van der Waals surface area (Å²) in [4.78, 5) is 22.5. The maximum atomic E-state index is 11.7. The van der Waals surface area contributed by atoms with Crippen LogP contribution in [0.25, 0.3) is 0 Å². The maximum Gasteiger partial charge on any atom is 0.326 e. The predicted octanol–water partition coefficient (Wildman–Crippen LogP) is 0.259. The van der Waals surface area contributed by atoms with Crippen LogP contribution in [0, 0.1) is 5.92 Å². The Labute approximate surface area is 94.7 Å². The van der Waals surface area contributed by atoms with Crippen molar-refractivity contribution in [1.29, 1.82) is 0 Å². The molecular formula is C11H18N2O3. The van der Waals surface area contributed by atoms with Gasteiger partial charge in [-0.25, -0.2) is 4.79 Å². The molecule has 0 aromatic heterocycles. The van der Waals surface area contributed by atoms with Gasteiger partial charge in [0.1, 0.15) is 6.04 Å². The minimum atomic E-state index is -1.03. The summed E-state index contributed by atoms with van der Waals surface area (Å²) in [6, 6.07) is -0.805. The summed E-state index contributed by atoms with van der Waals surface area (Å²) in [5.41, 5.74) is 5.70. The number of carboxylic acids is 1. The minimum absolute atomic E-state index is 0.0680. The van der Waals surface area contributed by atoms with Crippen LogP contribution in [0.1, 0.15) is 25.7 Å². The molecule has 5 nitrogen and oxygen atoms in total. The molecule has 0 aliphatic heterocycles. The fourth-order valence-electron chi connectivity index (χ4n) is 1.93. The Morgan fingerprint density at radius 3 is 2.69 bits per heavy atom. The van der Waals surface area contributed by atoms with Crippen molar-refractivity contribution in [3.8, 4) is 0 Å². The van der Waals surface area contributed by atoms with Crippen LogP contribution in [-0.2, 0) is 9.59 Å². The normalized spacial score (nSPS) is 26.1. The highest BCUT2D eigenvalue weighted by Gasteiger charge is 2.30. The van der Waals surface area contributed by atoms with Crippen LogP contribution >= 0.6 is 0 Å². The fourth-order valence-corrected chi connectivity index (χ4v) is 1.93. The van der Waals surface area contributed by atoms with Gasteiger partial charge in [0.2, 0.25) is 5.91 Å². The summed E-state index contributed by atoms with van der Waals surface area (Å²) in [5, 5.41) is 11.4. The van der Waals surface area contributed by atoms with Gasteiger partial charge in [-0.1, -0.05) is 6.08 Å². The van der Waals surface area contributed by atoms with Gasteiger partial charge in [0, 0.05) is 12.0 Å². The molecule has 1 aliphatic carbocycles. The fraction of sp³-hybridized carbons (Fsp3) is 0.636. The van der Waals surface area contributed by atoms with E-state index in [9.17, 15) is 9.59 Å². The molecule has 0 bridgehead atoms. The summed E-state index contributed by atoms with van der Waals surface area (Å²) < 4.78 is 0. The highest BCUT2D eigenvalue weighted by Crippen LogP contribution is 2.24. The first kappa shape index (κ1) is 12.7. The minimum Gasteiger partial charge on any atom is -0.480 e. The van der Waals surface area contributed by atoms with Crippen molar-refractivity contribution in [2.24, 2.45) is 11.7 Å². The Balaban J connectivity index is 2.48. The van der Waals surface area contributed by atoms with E-state index in [1.54, 1.807) is 0 Å². The Morgan fingerprint density at radius 1 is 1.56 bits per heavy atom. The Kier molecular flexibility index (Phi) is 4.49. The third-order valence-electron chi connectivity index (χ3n) is 2.86. The molecule has 0 heterocycles. The topological polar surface area (TPSA) is 92.4 Å². The van der Waals surface area contributed by atoms with Crippen molar-refractivity contribution in [3.63, 3.8) is 0 Å². The summed E-state index contributed by atoms with van der Waals surface area (Å²) >= 11 is 0. The van der Waals surface area contributed by atoms with E-state index in [1.807, 2.05) is 0 Å². The Morgan fingerprint density at radius 2 is 2.25 bits per heavy atom. The van der Waals surface area contributed by atoms with Crippen molar-refractivity contribution in [3.05, 3.63) is 12.7 Å². The lowest BCUT2D eigenvalue weighted by atomic mass is 10.1. The highest BCUT2D eigenvalue weighted by molar-refractivity contribution is 5.85. The van der Waals surface area contributed by atoms with Gasteiger partial charge >= 0.3 is 5.97 Å². The lowest BCUT2D eigenvalue weighted by Gasteiger charge is -2.15. The Hall–Kier alpha value is -1.36. The van der Waals surface area contributed by atoms with Crippen LogP contribution in [0.3, 0.4) is 0 Å².